The monoisotopic (exact) mass is 418 g/mol. The van der Waals surface area contributed by atoms with Gasteiger partial charge in [-0.05, 0) is 38.2 Å². The van der Waals surface area contributed by atoms with E-state index in [1.54, 1.807) is 0 Å². The number of hydrogen-bond donors (Lipinski definition) is 6. The first-order chi connectivity index (χ1) is 13.1. The molecule has 3 atom stereocenters. The predicted octanol–water partition coefficient (Wildman–Crippen LogP) is -1.63. The number of nitrogens with one attached hydrogen (secondary N) is 3. The van der Waals surface area contributed by atoms with Gasteiger partial charge in [-0.3, -0.25) is 24.2 Å². The minimum absolute atomic E-state index is 0.0677. The first kappa shape index (κ1) is 25.5. The molecule has 0 aliphatic carbocycles. The minimum atomic E-state index is -1.18. The van der Waals surface area contributed by atoms with Crippen molar-refractivity contribution in [2.45, 2.75) is 51.2 Å². The molecule has 160 valence electrons. The zero-order chi connectivity index (χ0) is 21.7. The molecule has 0 aliphatic rings. The molecule has 0 radical (unpaired) electrons. The van der Waals surface area contributed by atoms with Crippen molar-refractivity contribution in [3.8, 4) is 0 Å². The van der Waals surface area contributed by atoms with Crippen LogP contribution in [0, 0.1) is 0 Å². The molecule has 0 saturated carbocycles. The van der Waals surface area contributed by atoms with Crippen molar-refractivity contribution in [3.63, 3.8) is 0 Å². The standard InChI is InChI=1S/C16H30N6O5S/c1-9(15(26)27)20-13(24)12(6-8-28-3)22-14(25)11(21-10(2)23)5-4-7-19-16(17)18/h9,11-12H,4-8H2,1-3H3,(H,20,24)(H,21,23)(H,22,25)(H,26,27)(H4,17,18,19)/t9-,11-,12-/m0/s1. The molecule has 8 N–H and O–H groups in total. The van der Waals surface area contributed by atoms with Crippen molar-refractivity contribution >= 4 is 41.4 Å². The Morgan fingerprint density at radius 1 is 1.04 bits per heavy atom. The van der Waals surface area contributed by atoms with Crippen molar-refractivity contribution in [2.75, 3.05) is 18.6 Å². The number of amides is 3. The second kappa shape index (κ2) is 13.6. The van der Waals surface area contributed by atoms with Gasteiger partial charge in [-0.25, -0.2) is 0 Å². The number of carboxylic acids is 1. The minimum Gasteiger partial charge on any atom is -0.480 e. The van der Waals surface area contributed by atoms with Gasteiger partial charge >= 0.3 is 5.97 Å². The number of hydrogen-bond acceptors (Lipinski definition) is 6. The summed E-state index contributed by atoms with van der Waals surface area (Å²) in [5.41, 5.74) is 10.5. The Labute approximate surface area is 168 Å². The molecule has 3 amide bonds. The van der Waals surface area contributed by atoms with Crippen molar-refractivity contribution in [1.29, 1.82) is 0 Å². The number of nitrogens with two attached hydrogens (primary N) is 2. The summed E-state index contributed by atoms with van der Waals surface area (Å²) < 4.78 is 0. The highest BCUT2D eigenvalue weighted by molar-refractivity contribution is 7.98. The lowest BCUT2D eigenvalue weighted by molar-refractivity contribution is -0.141. The number of rotatable bonds is 13. The summed E-state index contributed by atoms with van der Waals surface area (Å²) in [6.45, 7) is 2.90. The van der Waals surface area contributed by atoms with Gasteiger partial charge in [0.2, 0.25) is 17.7 Å². The van der Waals surface area contributed by atoms with Crippen LogP contribution in [0.2, 0.25) is 0 Å². The van der Waals surface area contributed by atoms with E-state index in [9.17, 15) is 19.2 Å². The molecule has 28 heavy (non-hydrogen) atoms. The van der Waals surface area contributed by atoms with Crippen LogP contribution in [0.3, 0.4) is 0 Å². The van der Waals surface area contributed by atoms with Gasteiger partial charge in [-0.15, -0.1) is 0 Å². The van der Waals surface area contributed by atoms with E-state index in [1.165, 1.54) is 25.6 Å². The largest absolute Gasteiger partial charge is 0.480 e. The van der Waals surface area contributed by atoms with Crippen LogP contribution in [-0.4, -0.2) is 71.4 Å². The highest BCUT2D eigenvalue weighted by atomic mass is 32.2. The van der Waals surface area contributed by atoms with E-state index in [4.69, 9.17) is 16.6 Å². The summed E-state index contributed by atoms with van der Waals surface area (Å²) in [5, 5.41) is 16.4. The van der Waals surface area contributed by atoms with Crippen LogP contribution < -0.4 is 27.4 Å². The third-order valence-electron chi connectivity index (χ3n) is 3.61. The van der Waals surface area contributed by atoms with E-state index < -0.39 is 41.8 Å². The molecular weight excluding hydrogens is 388 g/mol. The van der Waals surface area contributed by atoms with Crippen molar-refractivity contribution in [3.05, 3.63) is 0 Å². The van der Waals surface area contributed by atoms with Crippen LogP contribution in [0.25, 0.3) is 0 Å². The molecule has 0 saturated heterocycles. The Morgan fingerprint density at radius 2 is 1.61 bits per heavy atom. The number of carbonyl (C=O) groups excluding carboxylic acids is 3. The first-order valence-corrected chi connectivity index (χ1v) is 10.1. The summed E-state index contributed by atoms with van der Waals surface area (Å²) in [5.74, 6) is -2.20. The van der Waals surface area contributed by atoms with E-state index in [-0.39, 0.29) is 18.9 Å². The van der Waals surface area contributed by atoms with Crippen LogP contribution in [0.1, 0.15) is 33.1 Å². The fraction of sp³-hybridized carbons (Fsp3) is 0.688. The third-order valence-corrected chi connectivity index (χ3v) is 4.26. The number of carbonyl (C=O) groups is 4. The quantitative estimate of drug-likeness (QED) is 0.117. The predicted molar refractivity (Wildman–Crippen MR) is 108 cm³/mol. The Balaban J connectivity index is 5.05. The summed E-state index contributed by atoms with van der Waals surface area (Å²) in [4.78, 5) is 51.1. The maximum absolute atomic E-state index is 12.6. The Kier molecular flexibility index (Phi) is 12.4. The van der Waals surface area contributed by atoms with Crippen molar-refractivity contribution < 1.29 is 24.3 Å². The average Bonchev–Trinajstić information content (AvgIpc) is 2.60. The van der Waals surface area contributed by atoms with Crippen LogP contribution >= 0.6 is 11.8 Å². The summed E-state index contributed by atoms with van der Waals surface area (Å²) in [6.07, 6.45) is 2.87. The van der Waals surface area contributed by atoms with E-state index in [0.29, 0.717) is 18.6 Å². The molecule has 0 aromatic heterocycles. The van der Waals surface area contributed by atoms with Gasteiger partial charge < -0.3 is 32.5 Å². The van der Waals surface area contributed by atoms with Gasteiger partial charge in [-0.1, -0.05) is 0 Å². The fourth-order valence-electron chi connectivity index (χ4n) is 2.17. The molecule has 12 heteroatoms. The lowest BCUT2D eigenvalue weighted by Gasteiger charge is -2.23. The maximum atomic E-state index is 12.6. The van der Waals surface area contributed by atoms with Gasteiger partial charge in [0.1, 0.15) is 18.1 Å². The van der Waals surface area contributed by atoms with Crippen LogP contribution in [0.5, 0.6) is 0 Å². The van der Waals surface area contributed by atoms with E-state index in [2.05, 4.69) is 20.9 Å². The molecule has 0 spiro atoms. The van der Waals surface area contributed by atoms with Crippen LogP contribution in [-0.2, 0) is 19.2 Å². The Morgan fingerprint density at radius 3 is 2.11 bits per heavy atom. The molecule has 0 bridgehead atoms. The molecule has 0 heterocycles. The van der Waals surface area contributed by atoms with Gasteiger partial charge in [0.25, 0.3) is 0 Å². The fourth-order valence-corrected chi connectivity index (χ4v) is 2.64. The lowest BCUT2D eigenvalue weighted by atomic mass is 10.1. The second-order valence-electron chi connectivity index (χ2n) is 6.11. The summed E-state index contributed by atoms with van der Waals surface area (Å²) >= 11 is 1.48. The van der Waals surface area contributed by atoms with E-state index in [0.717, 1.165) is 0 Å². The lowest BCUT2D eigenvalue weighted by Crippen LogP contribution is -2.55. The van der Waals surface area contributed by atoms with Gasteiger partial charge in [-0.2, -0.15) is 11.8 Å². The van der Waals surface area contributed by atoms with E-state index in [1.807, 2.05) is 6.26 Å². The Hall–Kier alpha value is -2.50. The molecule has 0 aromatic carbocycles. The molecule has 0 fully saturated rings. The maximum Gasteiger partial charge on any atom is 0.325 e. The summed E-state index contributed by atoms with van der Waals surface area (Å²) in [7, 11) is 0. The van der Waals surface area contributed by atoms with Crippen LogP contribution in [0.4, 0.5) is 0 Å². The number of aliphatic imine (C=N–C) groups is 1. The molecule has 11 nitrogen and oxygen atoms in total. The molecule has 0 aliphatic heterocycles. The number of guanidine groups is 1. The van der Waals surface area contributed by atoms with E-state index >= 15 is 0 Å². The number of carboxylic acid groups (broad SMARTS) is 1. The molecular formula is C16H30N6O5S. The molecule has 0 aromatic rings. The topological polar surface area (TPSA) is 189 Å². The van der Waals surface area contributed by atoms with Crippen LogP contribution in [0.15, 0.2) is 4.99 Å². The third kappa shape index (κ3) is 11.3. The van der Waals surface area contributed by atoms with Gasteiger partial charge in [0, 0.05) is 13.5 Å². The average molecular weight is 419 g/mol. The van der Waals surface area contributed by atoms with Crippen molar-refractivity contribution in [2.24, 2.45) is 16.5 Å². The highest BCUT2D eigenvalue weighted by Gasteiger charge is 2.27. The molecule has 0 rings (SSSR count). The normalized spacial score (nSPS) is 13.5. The zero-order valence-corrected chi connectivity index (χ0v) is 17.2. The molecule has 0 unspecified atom stereocenters. The van der Waals surface area contributed by atoms with Gasteiger partial charge in [0.05, 0.1) is 0 Å². The number of thioether (sulfide) groups is 1. The first-order valence-electron chi connectivity index (χ1n) is 8.73. The SMILES string of the molecule is CSCC[C@H](NC(=O)[C@H](CCCN=C(N)N)NC(C)=O)C(=O)N[C@@H](C)C(=O)O. The van der Waals surface area contributed by atoms with Crippen molar-refractivity contribution in [1.82, 2.24) is 16.0 Å². The smallest absolute Gasteiger partial charge is 0.325 e. The van der Waals surface area contributed by atoms with Gasteiger partial charge in [0.15, 0.2) is 5.96 Å². The second-order valence-corrected chi connectivity index (χ2v) is 7.10. The zero-order valence-electron chi connectivity index (χ0n) is 16.4. The number of aliphatic carboxylic acids is 1. The Bertz CT molecular complexity index is 582. The summed E-state index contributed by atoms with van der Waals surface area (Å²) in [6, 6.07) is -2.88. The highest BCUT2D eigenvalue weighted by Crippen LogP contribution is 2.05. The number of nitrogens with zero attached hydrogens (tertiary/aromatic N) is 1.